The molecule has 0 N–H and O–H groups in total. The SMILES string of the molecule is CCCC(C)(C)CC(=O)CC(=O)OCC. The minimum absolute atomic E-state index is 0.00166. The maximum absolute atomic E-state index is 11.5. The van der Waals surface area contributed by atoms with Crippen molar-refractivity contribution in [2.45, 2.75) is 53.4 Å². The quantitative estimate of drug-likeness (QED) is 0.483. The van der Waals surface area contributed by atoms with E-state index in [1.54, 1.807) is 6.92 Å². The summed E-state index contributed by atoms with van der Waals surface area (Å²) in [6.45, 7) is 8.28. The highest BCUT2D eigenvalue weighted by atomic mass is 16.5. The molecule has 15 heavy (non-hydrogen) atoms. The number of hydrogen-bond acceptors (Lipinski definition) is 3. The molecule has 0 aromatic rings. The Bertz CT molecular complexity index is 219. The standard InChI is InChI=1S/C12H22O3/c1-5-7-12(3,4)9-10(13)8-11(14)15-6-2/h5-9H2,1-4H3. The van der Waals surface area contributed by atoms with Gasteiger partial charge < -0.3 is 4.74 Å². The van der Waals surface area contributed by atoms with Gasteiger partial charge in [-0.3, -0.25) is 9.59 Å². The van der Waals surface area contributed by atoms with Gasteiger partial charge in [0.2, 0.25) is 0 Å². The molecule has 0 saturated heterocycles. The smallest absolute Gasteiger partial charge is 0.313 e. The lowest BCUT2D eigenvalue weighted by atomic mass is 9.82. The van der Waals surface area contributed by atoms with E-state index in [1.165, 1.54) is 0 Å². The molecule has 3 heteroatoms. The normalized spacial score (nSPS) is 11.2. The van der Waals surface area contributed by atoms with Gasteiger partial charge in [-0.2, -0.15) is 0 Å². The van der Waals surface area contributed by atoms with Crippen molar-refractivity contribution in [1.29, 1.82) is 0 Å². The van der Waals surface area contributed by atoms with Crippen molar-refractivity contribution < 1.29 is 14.3 Å². The fourth-order valence-electron chi connectivity index (χ4n) is 1.73. The zero-order valence-electron chi connectivity index (χ0n) is 10.3. The van der Waals surface area contributed by atoms with Crippen LogP contribution in [0.5, 0.6) is 0 Å². The highest BCUT2D eigenvalue weighted by Crippen LogP contribution is 2.27. The van der Waals surface area contributed by atoms with Gasteiger partial charge in [0, 0.05) is 6.42 Å². The lowest BCUT2D eigenvalue weighted by molar-refractivity contribution is -0.145. The summed E-state index contributed by atoms with van der Waals surface area (Å²) in [5.74, 6) is -0.429. The second-order valence-corrected chi connectivity index (χ2v) is 4.61. The topological polar surface area (TPSA) is 43.4 Å². The van der Waals surface area contributed by atoms with Gasteiger partial charge in [0.15, 0.2) is 0 Å². The van der Waals surface area contributed by atoms with Gasteiger partial charge in [-0.1, -0.05) is 27.2 Å². The third-order valence-electron chi connectivity index (χ3n) is 2.25. The van der Waals surface area contributed by atoms with Crippen LogP contribution in [-0.4, -0.2) is 18.4 Å². The van der Waals surface area contributed by atoms with E-state index in [1.807, 2.05) is 0 Å². The fourth-order valence-corrected chi connectivity index (χ4v) is 1.73. The number of Topliss-reactive ketones (excluding diaryl/α,β-unsaturated/α-hetero) is 1. The number of hydrogen-bond donors (Lipinski definition) is 0. The number of ether oxygens (including phenoxy) is 1. The molecular formula is C12H22O3. The first-order valence-electron chi connectivity index (χ1n) is 5.58. The van der Waals surface area contributed by atoms with Gasteiger partial charge in [-0.05, 0) is 18.8 Å². The van der Waals surface area contributed by atoms with Crippen LogP contribution in [0.3, 0.4) is 0 Å². The summed E-state index contributed by atoms with van der Waals surface area (Å²) in [5.41, 5.74) is -0.00166. The molecule has 0 fully saturated rings. The largest absolute Gasteiger partial charge is 0.466 e. The number of carbonyl (C=O) groups excluding carboxylic acids is 2. The van der Waals surface area contributed by atoms with Gasteiger partial charge in [0.1, 0.15) is 12.2 Å². The Kier molecular flexibility index (Phi) is 6.21. The second kappa shape index (κ2) is 6.59. The molecular weight excluding hydrogens is 192 g/mol. The summed E-state index contributed by atoms with van der Waals surface area (Å²) >= 11 is 0. The van der Waals surface area contributed by atoms with E-state index >= 15 is 0 Å². The molecule has 0 aliphatic heterocycles. The van der Waals surface area contributed by atoms with E-state index in [2.05, 4.69) is 20.8 Å². The van der Waals surface area contributed by atoms with Crippen LogP contribution in [0.4, 0.5) is 0 Å². The highest BCUT2D eigenvalue weighted by Gasteiger charge is 2.22. The Balaban J connectivity index is 3.97. The number of rotatable bonds is 7. The highest BCUT2D eigenvalue weighted by molar-refractivity contribution is 5.95. The van der Waals surface area contributed by atoms with Crippen LogP contribution in [0.25, 0.3) is 0 Å². The predicted molar refractivity (Wildman–Crippen MR) is 59.6 cm³/mol. The molecule has 0 atom stereocenters. The first kappa shape index (κ1) is 14.1. The maximum Gasteiger partial charge on any atom is 0.313 e. The van der Waals surface area contributed by atoms with Crippen LogP contribution in [-0.2, 0) is 14.3 Å². The third kappa shape index (κ3) is 7.11. The van der Waals surface area contributed by atoms with Crippen molar-refractivity contribution in [1.82, 2.24) is 0 Å². The summed E-state index contributed by atoms with van der Waals surface area (Å²) in [7, 11) is 0. The van der Waals surface area contributed by atoms with E-state index in [4.69, 9.17) is 4.74 Å². The zero-order valence-corrected chi connectivity index (χ0v) is 10.3. The van der Waals surface area contributed by atoms with Crippen LogP contribution < -0.4 is 0 Å². The van der Waals surface area contributed by atoms with Crippen molar-refractivity contribution in [3.63, 3.8) is 0 Å². The molecule has 88 valence electrons. The van der Waals surface area contributed by atoms with Crippen LogP contribution in [0, 0.1) is 5.41 Å². The molecule has 0 saturated carbocycles. The average Bonchev–Trinajstić information content (AvgIpc) is 2.01. The molecule has 0 bridgehead atoms. The van der Waals surface area contributed by atoms with Crippen LogP contribution in [0.15, 0.2) is 0 Å². The lowest BCUT2D eigenvalue weighted by Gasteiger charge is -2.22. The Morgan fingerprint density at radius 2 is 1.80 bits per heavy atom. The Morgan fingerprint density at radius 3 is 2.27 bits per heavy atom. The Morgan fingerprint density at radius 1 is 1.20 bits per heavy atom. The summed E-state index contributed by atoms with van der Waals surface area (Å²) in [6, 6.07) is 0. The van der Waals surface area contributed by atoms with Gasteiger partial charge in [-0.15, -0.1) is 0 Å². The van der Waals surface area contributed by atoms with Gasteiger partial charge in [0.05, 0.1) is 6.61 Å². The molecule has 0 spiro atoms. The van der Waals surface area contributed by atoms with Crippen molar-refractivity contribution in [2.75, 3.05) is 6.61 Å². The van der Waals surface area contributed by atoms with Crippen molar-refractivity contribution >= 4 is 11.8 Å². The van der Waals surface area contributed by atoms with E-state index in [0.29, 0.717) is 13.0 Å². The first-order valence-corrected chi connectivity index (χ1v) is 5.58. The first-order chi connectivity index (χ1) is 6.91. The van der Waals surface area contributed by atoms with E-state index < -0.39 is 5.97 Å². The second-order valence-electron chi connectivity index (χ2n) is 4.61. The lowest BCUT2D eigenvalue weighted by Crippen LogP contribution is -2.19. The van der Waals surface area contributed by atoms with E-state index in [-0.39, 0.29) is 17.6 Å². The Labute approximate surface area is 92.2 Å². The maximum atomic E-state index is 11.5. The van der Waals surface area contributed by atoms with Gasteiger partial charge in [0.25, 0.3) is 0 Å². The molecule has 0 aliphatic carbocycles. The minimum Gasteiger partial charge on any atom is -0.466 e. The zero-order chi connectivity index (χ0) is 11.9. The Hall–Kier alpha value is -0.860. The monoisotopic (exact) mass is 214 g/mol. The molecule has 0 aliphatic rings. The van der Waals surface area contributed by atoms with Crippen LogP contribution in [0.1, 0.15) is 53.4 Å². The third-order valence-corrected chi connectivity index (χ3v) is 2.25. The van der Waals surface area contributed by atoms with Crippen LogP contribution >= 0.6 is 0 Å². The molecule has 3 nitrogen and oxygen atoms in total. The molecule has 0 radical (unpaired) electrons. The number of carbonyl (C=O) groups is 2. The number of esters is 1. The van der Waals surface area contributed by atoms with Gasteiger partial charge >= 0.3 is 5.97 Å². The molecule has 0 rings (SSSR count). The van der Waals surface area contributed by atoms with Crippen molar-refractivity contribution in [2.24, 2.45) is 5.41 Å². The van der Waals surface area contributed by atoms with Crippen molar-refractivity contribution in [3.8, 4) is 0 Å². The average molecular weight is 214 g/mol. The molecule has 0 amide bonds. The van der Waals surface area contributed by atoms with E-state index in [9.17, 15) is 9.59 Å². The summed E-state index contributed by atoms with van der Waals surface area (Å²) in [4.78, 5) is 22.6. The summed E-state index contributed by atoms with van der Waals surface area (Å²) in [6.07, 6.45) is 2.43. The molecule has 0 unspecified atom stereocenters. The summed E-state index contributed by atoms with van der Waals surface area (Å²) < 4.78 is 4.73. The number of ketones is 1. The van der Waals surface area contributed by atoms with Crippen molar-refractivity contribution in [3.05, 3.63) is 0 Å². The van der Waals surface area contributed by atoms with E-state index in [0.717, 1.165) is 12.8 Å². The molecule has 0 heterocycles. The summed E-state index contributed by atoms with van der Waals surface area (Å²) in [5, 5.41) is 0. The molecule has 0 aromatic heterocycles. The molecule has 0 aromatic carbocycles. The predicted octanol–water partition coefficient (Wildman–Crippen LogP) is 2.73. The van der Waals surface area contributed by atoms with Gasteiger partial charge in [-0.25, -0.2) is 0 Å². The fraction of sp³-hybridized carbons (Fsp3) is 0.833. The van der Waals surface area contributed by atoms with Crippen LogP contribution in [0.2, 0.25) is 0 Å². The minimum atomic E-state index is -0.408.